The summed E-state index contributed by atoms with van der Waals surface area (Å²) in [6, 6.07) is 5.04. The highest BCUT2D eigenvalue weighted by Crippen LogP contribution is 2.35. The molecule has 1 aliphatic carbocycles. The minimum absolute atomic E-state index is 0.0445. The van der Waals surface area contributed by atoms with Gasteiger partial charge < -0.3 is 10.6 Å². The second kappa shape index (κ2) is 8.70. The molecule has 0 unspecified atom stereocenters. The molecule has 1 fully saturated rings. The Morgan fingerprint density at radius 1 is 1.16 bits per heavy atom. The Balaban J connectivity index is 1.57. The molecule has 6 nitrogen and oxygen atoms in total. The van der Waals surface area contributed by atoms with Gasteiger partial charge in [-0.3, -0.25) is 14.2 Å². The van der Waals surface area contributed by atoms with Gasteiger partial charge in [0.2, 0.25) is 5.91 Å². The largest absolute Gasteiger partial charge is 0.416 e. The molecule has 0 aliphatic heterocycles. The molecule has 1 aromatic carbocycles. The van der Waals surface area contributed by atoms with Crippen molar-refractivity contribution in [1.82, 2.24) is 9.55 Å². The fourth-order valence-corrected chi connectivity index (χ4v) is 4.49. The molecule has 3 aromatic rings. The predicted octanol–water partition coefficient (Wildman–Crippen LogP) is 4.86. The second-order valence-corrected chi connectivity index (χ2v) is 8.50. The van der Waals surface area contributed by atoms with Gasteiger partial charge in [-0.1, -0.05) is 19.3 Å². The van der Waals surface area contributed by atoms with Crippen LogP contribution in [0, 0.1) is 0 Å². The van der Waals surface area contributed by atoms with Gasteiger partial charge in [0.05, 0.1) is 28.7 Å². The topological polar surface area (TPSA) is 76.0 Å². The Hall–Kier alpha value is -2.88. The van der Waals surface area contributed by atoms with Crippen LogP contribution in [0.4, 0.5) is 24.5 Å². The Kier molecular flexibility index (Phi) is 5.99. The molecule has 1 aliphatic rings. The third-order valence-electron chi connectivity index (χ3n) is 5.35. The highest BCUT2D eigenvalue weighted by Gasteiger charge is 2.31. The lowest BCUT2D eigenvalue weighted by molar-refractivity contribution is -0.137. The van der Waals surface area contributed by atoms with Crippen LogP contribution in [0.3, 0.4) is 0 Å². The average molecular weight is 450 g/mol. The van der Waals surface area contributed by atoms with Crippen molar-refractivity contribution in [3.8, 4) is 0 Å². The van der Waals surface area contributed by atoms with Crippen LogP contribution in [0.2, 0.25) is 0 Å². The molecule has 0 spiro atoms. The molecule has 4 rings (SSSR count). The van der Waals surface area contributed by atoms with Gasteiger partial charge in [0.15, 0.2) is 0 Å². The van der Waals surface area contributed by atoms with Gasteiger partial charge in [-0.25, -0.2) is 4.98 Å². The lowest BCUT2D eigenvalue weighted by atomic mass is 9.95. The number of thiophene rings is 1. The summed E-state index contributed by atoms with van der Waals surface area (Å²) in [5.74, 6) is -0.607. The fourth-order valence-electron chi connectivity index (χ4n) is 3.77. The van der Waals surface area contributed by atoms with Crippen molar-refractivity contribution in [2.75, 3.05) is 10.6 Å². The summed E-state index contributed by atoms with van der Waals surface area (Å²) < 4.78 is 40.8. The minimum Gasteiger partial charge on any atom is -0.381 e. The molecule has 0 saturated heterocycles. The van der Waals surface area contributed by atoms with E-state index in [9.17, 15) is 22.8 Å². The first kappa shape index (κ1) is 21.4. The molecule has 2 aromatic heterocycles. The quantitative estimate of drug-likeness (QED) is 0.582. The standard InChI is InChI=1S/C21H21F3N4O2S/c22-21(23,24)13-6-7-16(26-14-4-2-1-3-5-14)17(10-13)27-18(29)11-28-12-25-19-15(20(28)30)8-9-31-19/h6-10,12,14,26H,1-5,11H2,(H,27,29). The summed E-state index contributed by atoms with van der Waals surface area (Å²) in [7, 11) is 0. The Bertz CT molecular complexity index is 1150. The number of hydrogen-bond acceptors (Lipinski definition) is 5. The summed E-state index contributed by atoms with van der Waals surface area (Å²) in [5, 5.41) is 7.95. The Morgan fingerprint density at radius 3 is 2.68 bits per heavy atom. The highest BCUT2D eigenvalue weighted by molar-refractivity contribution is 7.16. The zero-order valence-corrected chi connectivity index (χ0v) is 17.4. The molecule has 2 N–H and O–H groups in total. The summed E-state index contributed by atoms with van der Waals surface area (Å²) in [6.07, 6.45) is 1.85. The summed E-state index contributed by atoms with van der Waals surface area (Å²) in [4.78, 5) is 29.8. The maximum Gasteiger partial charge on any atom is 0.416 e. The smallest absolute Gasteiger partial charge is 0.381 e. The van der Waals surface area contributed by atoms with E-state index >= 15 is 0 Å². The molecule has 164 valence electrons. The number of amides is 1. The lowest BCUT2D eigenvalue weighted by Crippen LogP contribution is -2.28. The molecular formula is C21H21F3N4O2S. The van der Waals surface area contributed by atoms with Crippen LogP contribution in [-0.4, -0.2) is 21.5 Å². The van der Waals surface area contributed by atoms with E-state index in [0.29, 0.717) is 15.9 Å². The van der Waals surface area contributed by atoms with Crippen molar-refractivity contribution in [3.05, 3.63) is 51.9 Å². The van der Waals surface area contributed by atoms with Crippen molar-refractivity contribution in [2.45, 2.75) is 50.9 Å². The van der Waals surface area contributed by atoms with Gasteiger partial charge in [0.1, 0.15) is 11.4 Å². The van der Waals surface area contributed by atoms with Gasteiger partial charge in [-0.2, -0.15) is 13.2 Å². The van der Waals surface area contributed by atoms with Gasteiger partial charge in [0.25, 0.3) is 5.56 Å². The number of aromatic nitrogens is 2. The number of fused-ring (bicyclic) bond motifs is 1. The highest BCUT2D eigenvalue weighted by atomic mass is 32.1. The lowest BCUT2D eigenvalue weighted by Gasteiger charge is -2.25. The molecule has 2 heterocycles. The first-order valence-corrected chi connectivity index (χ1v) is 10.9. The van der Waals surface area contributed by atoms with Crippen LogP contribution < -0.4 is 16.2 Å². The number of nitrogens with one attached hydrogen (secondary N) is 2. The maximum atomic E-state index is 13.2. The molecule has 0 radical (unpaired) electrons. The number of anilines is 2. The maximum absolute atomic E-state index is 13.2. The van der Waals surface area contributed by atoms with Gasteiger partial charge >= 0.3 is 6.18 Å². The number of benzene rings is 1. The van der Waals surface area contributed by atoms with Crippen LogP contribution in [-0.2, 0) is 17.5 Å². The van der Waals surface area contributed by atoms with Crippen LogP contribution in [0.25, 0.3) is 10.2 Å². The molecule has 10 heteroatoms. The zero-order chi connectivity index (χ0) is 22.0. The summed E-state index contributed by atoms with van der Waals surface area (Å²) in [5.41, 5.74) is -0.739. The normalized spacial score (nSPS) is 15.2. The molecular weight excluding hydrogens is 429 g/mol. The summed E-state index contributed by atoms with van der Waals surface area (Å²) >= 11 is 1.31. The van der Waals surface area contributed by atoms with Gasteiger partial charge in [-0.05, 0) is 42.5 Å². The Morgan fingerprint density at radius 2 is 1.94 bits per heavy atom. The first-order valence-electron chi connectivity index (χ1n) is 10.0. The van der Waals surface area contributed by atoms with E-state index in [2.05, 4.69) is 15.6 Å². The van der Waals surface area contributed by atoms with Crippen molar-refractivity contribution in [1.29, 1.82) is 0 Å². The first-order chi connectivity index (χ1) is 14.8. The third-order valence-corrected chi connectivity index (χ3v) is 6.17. The van der Waals surface area contributed by atoms with E-state index in [1.165, 1.54) is 23.7 Å². The van der Waals surface area contributed by atoms with Gasteiger partial charge in [-0.15, -0.1) is 11.3 Å². The monoisotopic (exact) mass is 450 g/mol. The molecule has 1 amide bonds. The average Bonchev–Trinajstić information content (AvgIpc) is 3.21. The van der Waals surface area contributed by atoms with E-state index in [0.717, 1.165) is 48.8 Å². The molecule has 0 bridgehead atoms. The number of carbonyl (C=O) groups excluding carboxylic acids is 1. The van der Waals surface area contributed by atoms with E-state index in [4.69, 9.17) is 0 Å². The second-order valence-electron chi connectivity index (χ2n) is 7.60. The predicted molar refractivity (Wildman–Crippen MR) is 114 cm³/mol. The number of halogens is 3. The van der Waals surface area contributed by atoms with E-state index < -0.39 is 17.6 Å². The van der Waals surface area contributed by atoms with Crippen molar-refractivity contribution in [2.24, 2.45) is 0 Å². The van der Waals surface area contributed by atoms with E-state index in [1.54, 1.807) is 11.4 Å². The van der Waals surface area contributed by atoms with E-state index in [1.807, 2.05) is 0 Å². The molecule has 1 saturated carbocycles. The zero-order valence-electron chi connectivity index (χ0n) is 16.5. The molecule has 0 atom stereocenters. The van der Waals surface area contributed by atoms with Crippen molar-refractivity contribution in [3.63, 3.8) is 0 Å². The summed E-state index contributed by atoms with van der Waals surface area (Å²) in [6.45, 7) is -0.350. The van der Waals surface area contributed by atoms with Crippen LogP contribution >= 0.6 is 11.3 Å². The third kappa shape index (κ3) is 4.90. The fraction of sp³-hybridized carbons (Fsp3) is 0.381. The van der Waals surface area contributed by atoms with E-state index in [-0.39, 0.29) is 23.8 Å². The van der Waals surface area contributed by atoms with Crippen molar-refractivity contribution >= 4 is 38.8 Å². The number of alkyl halides is 3. The van der Waals surface area contributed by atoms with Crippen LogP contribution in [0.15, 0.2) is 40.8 Å². The van der Waals surface area contributed by atoms with Crippen LogP contribution in [0.1, 0.15) is 37.7 Å². The number of hydrogen-bond donors (Lipinski definition) is 2. The Labute approximate surface area is 180 Å². The number of rotatable bonds is 5. The number of nitrogens with zero attached hydrogens (tertiary/aromatic N) is 2. The number of carbonyl (C=O) groups is 1. The minimum atomic E-state index is -4.53. The SMILES string of the molecule is O=C(Cn1cnc2sccc2c1=O)Nc1cc(C(F)(F)F)ccc1NC1CCCCC1. The van der Waals surface area contributed by atoms with Gasteiger partial charge in [0, 0.05) is 6.04 Å². The van der Waals surface area contributed by atoms with Crippen molar-refractivity contribution < 1.29 is 18.0 Å². The molecule has 31 heavy (non-hydrogen) atoms. The van der Waals surface area contributed by atoms with Crippen LogP contribution in [0.5, 0.6) is 0 Å².